The van der Waals surface area contributed by atoms with Gasteiger partial charge in [-0.05, 0) is 30.3 Å². The van der Waals surface area contributed by atoms with Crippen LogP contribution in [0.3, 0.4) is 0 Å². The van der Waals surface area contributed by atoms with Gasteiger partial charge in [-0.25, -0.2) is 4.39 Å². The van der Waals surface area contributed by atoms with Gasteiger partial charge < -0.3 is 15.2 Å². The molecule has 0 radical (unpaired) electrons. The Morgan fingerprint density at radius 3 is 2.62 bits per heavy atom. The molecule has 0 bridgehead atoms. The first-order valence-electron chi connectivity index (χ1n) is 5.91. The summed E-state index contributed by atoms with van der Waals surface area (Å²) < 4.78 is 43.0. The molecule has 112 valence electrons. The van der Waals surface area contributed by atoms with E-state index in [2.05, 4.69) is 26.0 Å². The summed E-state index contributed by atoms with van der Waals surface area (Å²) in [5.74, 6) is -1.18. The molecule has 0 fully saturated rings. The van der Waals surface area contributed by atoms with Crippen molar-refractivity contribution >= 4 is 21.6 Å². The highest BCUT2D eigenvalue weighted by Crippen LogP contribution is 2.26. The monoisotopic (exact) mass is 361 g/mol. The second-order valence-corrected chi connectivity index (χ2v) is 5.07. The molecule has 0 unspecified atom stereocenters. The molecular weight excluding hydrogens is 351 g/mol. The number of benzene rings is 2. The Hall–Kier alpha value is -1.89. The SMILES string of the molecule is Oc1ccc(NCc2cc(Br)ccc2OC(F)F)cc1F. The van der Waals surface area contributed by atoms with Gasteiger partial charge in [-0.15, -0.1) is 0 Å². The fourth-order valence-electron chi connectivity index (χ4n) is 1.71. The molecule has 0 aromatic heterocycles. The molecule has 2 aromatic carbocycles. The van der Waals surface area contributed by atoms with Gasteiger partial charge in [-0.1, -0.05) is 15.9 Å². The third-order valence-corrected chi connectivity index (χ3v) is 3.16. The lowest BCUT2D eigenvalue weighted by molar-refractivity contribution is -0.0504. The van der Waals surface area contributed by atoms with Crippen LogP contribution in [0.1, 0.15) is 5.56 Å². The van der Waals surface area contributed by atoms with E-state index >= 15 is 0 Å². The number of phenolic OH excluding ortho intramolecular Hbond substituents is 1. The molecule has 0 saturated heterocycles. The molecule has 0 heterocycles. The number of rotatable bonds is 5. The van der Waals surface area contributed by atoms with Crippen molar-refractivity contribution in [3.8, 4) is 11.5 Å². The molecule has 2 aromatic rings. The van der Waals surface area contributed by atoms with Gasteiger partial charge in [0.15, 0.2) is 11.6 Å². The summed E-state index contributed by atoms with van der Waals surface area (Å²) in [5.41, 5.74) is 0.895. The van der Waals surface area contributed by atoms with Gasteiger partial charge in [0.2, 0.25) is 0 Å². The molecule has 0 saturated carbocycles. The van der Waals surface area contributed by atoms with E-state index in [4.69, 9.17) is 5.11 Å². The fraction of sp³-hybridized carbons (Fsp3) is 0.143. The average molecular weight is 362 g/mol. The van der Waals surface area contributed by atoms with Crippen LogP contribution in [-0.2, 0) is 6.54 Å². The molecule has 7 heteroatoms. The van der Waals surface area contributed by atoms with Gasteiger partial charge in [0.05, 0.1) is 0 Å². The van der Waals surface area contributed by atoms with E-state index in [1.54, 1.807) is 12.1 Å². The first-order chi connectivity index (χ1) is 9.95. The molecule has 3 nitrogen and oxygen atoms in total. The van der Waals surface area contributed by atoms with Crippen molar-refractivity contribution in [2.75, 3.05) is 5.32 Å². The smallest absolute Gasteiger partial charge is 0.387 e. The summed E-state index contributed by atoms with van der Waals surface area (Å²) >= 11 is 3.25. The number of phenols is 1. The molecule has 0 spiro atoms. The van der Waals surface area contributed by atoms with Crippen LogP contribution in [0.5, 0.6) is 11.5 Å². The van der Waals surface area contributed by atoms with E-state index in [0.29, 0.717) is 15.7 Å². The Labute approximate surface area is 127 Å². The summed E-state index contributed by atoms with van der Waals surface area (Å²) in [6, 6.07) is 8.42. The maximum atomic E-state index is 13.2. The molecule has 0 atom stereocenters. The van der Waals surface area contributed by atoms with Crippen LogP contribution in [0.25, 0.3) is 0 Å². The lowest BCUT2D eigenvalue weighted by atomic mass is 10.2. The summed E-state index contributed by atoms with van der Waals surface area (Å²) in [6.07, 6.45) is 0. The third kappa shape index (κ3) is 4.29. The van der Waals surface area contributed by atoms with E-state index in [0.717, 1.165) is 6.07 Å². The first kappa shape index (κ1) is 15.5. The highest BCUT2D eigenvalue weighted by Gasteiger charge is 2.10. The second-order valence-electron chi connectivity index (χ2n) is 4.15. The predicted octanol–water partition coefficient (Wildman–Crippen LogP) is 4.51. The van der Waals surface area contributed by atoms with Crippen LogP contribution in [-0.4, -0.2) is 11.7 Å². The van der Waals surface area contributed by atoms with Gasteiger partial charge in [0.1, 0.15) is 5.75 Å². The molecule has 0 aliphatic heterocycles. The Balaban J connectivity index is 2.14. The van der Waals surface area contributed by atoms with Crippen LogP contribution < -0.4 is 10.1 Å². The van der Waals surface area contributed by atoms with Crippen molar-refractivity contribution in [3.05, 3.63) is 52.3 Å². The maximum Gasteiger partial charge on any atom is 0.387 e. The normalized spacial score (nSPS) is 10.7. The van der Waals surface area contributed by atoms with Gasteiger partial charge in [-0.2, -0.15) is 8.78 Å². The summed E-state index contributed by atoms with van der Waals surface area (Å²) in [6.45, 7) is -2.76. The number of halogens is 4. The van der Waals surface area contributed by atoms with Gasteiger partial charge in [0.25, 0.3) is 0 Å². The van der Waals surface area contributed by atoms with Crippen molar-refractivity contribution in [1.29, 1.82) is 0 Å². The number of nitrogens with one attached hydrogen (secondary N) is 1. The number of hydrogen-bond donors (Lipinski definition) is 2. The van der Waals surface area contributed by atoms with E-state index in [9.17, 15) is 13.2 Å². The predicted molar refractivity (Wildman–Crippen MR) is 76.2 cm³/mol. The Morgan fingerprint density at radius 2 is 1.95 bits per heavy atom. The van der Waals surface area contributed by atoms with Crippen LogP contribution >= 0.6 is 15.9 Å². The van der Waals surface area contributed by atoms with Crippen molar-refractivity contribution in [2.24, 2.45) is 0 Å². The first-order valence-corrected chi connectivity index (χ1v) is 6.70. The summed E-state index contributed by atoms with van der Waals surface area (Å²) in [5, 5.41) is 12.0. The zero-order chi connectivity index (χ0) is 15.4. The highest BCUT2D eigenvalue weighted by atomic mass is 79.9. The number of hydrogen-bond acceptors (Lipinski definition) is 3. The number of alkyl halides is 2. The van der Waals surface area contributed by atoms with Crippen LogP contribution in [0, 0.1) is 5.82 Å². The minimum Gasteiger partial charge on any atom is -0.505 e. The lowest BCUT2D eigenvalue weighted by Crippen LogP contribution is -2.07. The van der Waals surface area contributed by atoms with E-state index in [1.807, 2.05) is 0 Å². The average Bonchev–Trinajstić information content (AvgIpc) is 2.42. The van der Waals surface area contributed by atoms with Crippen LogP contribution in [0.2, 0.25) is 0 Å². The minimum atomic E-state index is -2.92. The fourth-order valence-corrected chi connectivity index (χ4v) is 2.12. The van der Waals surface area contributed by atoms with Gasteiger partial charge in [-0.3, -0.25) is 0 Å². The van der Waals surface area contributed by atoms with E-state index < -0.39 is 18.2 Å². The Bertz CT molecular complexity index is 638. The van der Waals surface area contributed by atoms with Crippen molar-refractivity contribution in [1.82, 2.24) is 0 Å². The number of ether oxygens (including phenoxy) is 1. The largest absolute Gasteiger partial charge is 0.505 e. The van der Waals surface area contributed by atoms with Crippen molar-refractivity contribution in [3.63, 3.8) is 0 Å². The quantitative estimate of drug-likeness (QED) is 0.770. The zero-order valence-corrected chi connectivity index (χ0v) is 12.2. The zero-order valence-electron chi connectivity index (χ0n) is 10.6. The molecule has 0 aliphatic rings. The summed E-state index contributed by atoms with van der Waals surface area (Å²) in [4.78, 5) is 0. The van der Waals surface area contributed by atoms with Crippen LogP contribution in [0.4, 0.5) is 18.9 Å². The molecule has 2 rings (SSSR count). The molecule has 0 amide bonds. The maximum absolute atomic E-state index is 13.2. The third-order valence-electron chi connectivity index (χ3n) is 2.67. The number of anilines is 1. The summed E-state index contributed by atoms with van der Waals surface area (Å²) in [7, 11) is 0. The van der Waals surface area contributed by atoms with Gasteiger partial charge >= 0.3 is 6.61 Å². The standard InChI is InChI=1S/C14H11BrF3NO2/c15-9-1-4-13(21-14(17)18)8(5-9)7-19-10-2-3-12(20)11(16)6-10/h1-6,14,19-20H,7H2. The van der Waals surface area contributed by atoms with Crippen LogP contribution in [0.15, 0.2) is 40.9 Å². The van der Waals surface area contributed by atoms with E-state index in [-0.39, 0.29) is 12.3 Å². The molecule has 0 aliphatic carbocycles. The Kier molecular flexibility index (Phi) is 4.95. The van der Waals surface area contributed by atoms with Crippen molar-refractivity contribution < 1.29 is 23.0 Å². The van der Waals surface area contributed by atoms with E-state index in [1.165, 1.54) is 18.2 Å². The lowest BCUT2D eigenvalue weighted by Gasteiger charge is -2.13. The second kappa shape index (κ2) is 6.71. The molecular formula is C14H11BrF3NO2. The van der Waals surface area contributed by atoms with Crippen molar-refractivity contribution in [2.45, 2.75) is 13.2 Å². The number of aromatic hydroxyl groups is 1. The molecule has 2 N–H and O–H groups in total. The van der Waals surface area contributed by atoms with Gasteiger partial charge in [0, 0.05) is 28.3 Å². The molecule has 21 heavy (non-hydrogen) atoms. The topological polar surface area (TPSA) is 41.5 Å². The Morgan fingerprint density at radius 1 is 1.19 bits per heavy atom. The highest BCUT2D eigenvalue weighted by molar-refractivity contribution is 9.10. The minimum absolute atomic E-state index is 0.0416.